The molecule has 1 heterocycles. The largest absolute Gasteiger partial charge is 0.374 e. The Morgan fingerprint density at radius 2 is 1.65 bits per heavy atom. The maximum atomic E-state index is 13.4. The van der Waals surface area contributed by atoms with E-state index >= 15 is 0 Å². The summed E-state index contributed by atoms with van der Waals surface area (Å²) < 4.78 is 5.95. The van der Waals surface area contributed by atoms with Gasteiger partial charge in [0.2, 0.25) is 11.8 Å². The number of benzene rings is 3. The van der Waals surface area contributed by atoms with E-state index in [4.69, 9.17) is 16.2 Å². The smallest absolute Gasteiger partial charge is 0.247 e. The van der Waals surface area contributed by atoms with Crippen LogP contribution in [0.5, 0.6) is 0 Å². The van der Waals surface area contributed by atoms with Crippen molar-refractivity contribution in [2.45, 2.75) is 43.9 Å². The van der Waals surface area contributed by atoms with Gasteiger partial charge in [0.05, 0.1) is 19.3 Å². The summed E-state index contributed by atoms with van der Waals surface area (Å²) >= 11 is 0. The maximum Gasteiger partial charge on any atom is 0.247 e. The molecular weight excluding hydrogens is 484 g/mol. The fourth-order valence-corrected chi connectivity index (χ4v) is 4.77. The van der Waals surface area contributed by atoms with Crippen LogP contribution in [0, 0.1) is 0 Å². The molecule has 0 aliphatic carbocycles. The normalized spacial score (nSPS) is 15.6. The Balaban J connectivity index is 0.00000380. The second-order valence-corrected chi connectivity index (χ2v) is 9.45. The number of likely N-dealkylation sites (tertiary alicyclic amines) is 1. The highest BCUT2D eigenvalue weighted by atomic mass is 32.1. The van der Waals surface area contributed by atoms with E-state index in [1.54, 1.807) is 0 Å². The summed E-state index contributed by atoms with van der Waals surface area (Å²) in [6, 6.07) is 23.1. The van der Waals surface area contributed by atoms with Crippen LogP contribution in [0.2, 0.25) is 0 Å². The van der Waals surface area contributed by atoms with Gasteiger partial charge in [-0.3, -0.25) is 9.59 Å². The highest BCUT2D eigenvalue weighted by molar-refractivity contribution is 7.59. The fraction of sp³-hybridized carbons (Fsp3) is 0.379. The molecule has 3 aromatic carbocycles. The molecule has 0 aromatic heterocycles. The lowest BCUT2D eigenvalue weighted by molar-refractivity contribution is -0.139. The zero-order valence-electron chi connectivity index (χ0n) is 21.1. The van der Waals surface area contributed by atoms with E-state index in [1.807, 2.05) is 29.2 Å². The zero-order valence-corrected chi connectivity index (χ0v) is 22.1. The molecule has 5 N–H and O–H groups in total. The topological polar surface area (TPSA) is 111 Å². The number of hydrogen-bond donors (Lipinski definition) is 3. The van der Waals surface area contributed by atoms with E-state index in [9.17, 15) is 9.59 Å². The van der Waals surface area contributed by atoms with Crippen molar-refractivity contribution in [1.29, 1.82) is 0 Å². The molecule has 4 rings (SSSR count). The number of rotatable bonds is 10. The van der Waals surface area contributed by atoms with Gasteiger partial charge in [-0.15, -0.1) is 0 Å². The van der Waals surface area contributed by atoms with Gasteiger partial charge in [0.1, 0.15) is 6.04 Å². The van der Waals surface area contributed by atoms with Gasteiger partial charge < -0.3 is 26.4 Å². The predicted molar refractivity (Wildman–Crippen MR) is 153 cm³/mol. The summed E-state index contributed by atoms with van der Waals surface area (Å²) in [5.41, 5.74) is 13.8. The van der Waals surface area contributed by atoms with Crippen LogP contribution in [-0.4, -0.2) is 55.0 Å². The molecule has 37 heavy (non-hydrogen) atoms. The van der Waals surface area contributed by atoms with Crippen molar-refractivity contribution in [2.24, 2.45) is 11.5 Å². The van der Waals surface area contributed by atoms with Gasteiger partial charge in [0, 0.05) is 13.1 Å². The van der Waals surface area contributed by atoms with Crippen LogP contribution in [0.25, 0.3) is 10.8 Å². The molecule has 0 radical (unpaired) electrons. The average molecular weight is 523 g/mol. The summed E-state index contributed by atoms with van der Waals surface area (Å²) in [7, 11) is 0. The fourth-order valence-electron chi connectivity index (χ4n) is 4.77. The average Bonchev–Trinajstić information content (AvgIpc) is 2.92. The molecule has 1 saturated heterocycles. The van der Waals surface area contributed by atoms with Gasteiger partial charge >= 0.3 is 0 Å². The number of nitrogens with two attached hydrogens (primary N) is 2. The first-order chi connectivity index (χ1) is 17.5. The number of amides is 2. The number of ether oxygens (including phenoxy) is 1. The third kappa shape index (κ3) is 7.79. The molecular formula is C29H38N4O3S. The van der Waals surface area contributed by atoms with E-state index in [2.05, 4.69) is 53.8 Å². The van der Waals surface area contributed by atoms with Gasteiger partial charge in [0.15, 0.2) is 0 Å². The van der Waals surface area contributed by atoms with Crippen LogP contribution in [0.15, 0.2) is 72.8 Å². The SMILES string of the molecule is NCC[C@H](N)C(=O)N[C@H](COCc1ccc2ccccc2c1)C(=O)N1CCC(c2ccccc2)CC1.S. The summed E-state index contributed by atoms with van der Waals surface area (Å²) in [5.74, 6) is -0.0778. The molecule has 1 aliphatic heterocycles. The van der Waals surface area contributed by atoms with Crippen LogP contribution in [0.3, 0.4) is 0 Å². The van der Waals surface area contributed by atoms with E-state index in [-0.39, 0.29) is 31.9 Å². The van der Waals surface area contributed by atoms with Gasteiger partial charge in [-0.05, 0) is 59.7 Å². The van der Waals surface area contributed by atoms with Crippen LogP contribution in [0.4, 0.5) is 0 Å². The highest BCUT2D eigenvalue weighted by Gasteiger charge is 2.31. The number of nitrogens with zero attached hydrogens (tertiary/aromatic N) is 1. The second kappa shape index (κ2) is 14.1. The van der Waals surface area contributed by atoms with Crippen molar-refractivity contribution in [1.82, 2.24) is 10.2 Å². The first-order valence-electron chi connectivity index (χ1n) is 12.7. The number of carbonyl (C=O) groups is 2. The first-order valence-corrected chi connectivity index (χ1v) is 12.7. The minimum Gasteiger partial charge on any atom is -0.374 e. The lowest BCUT2D eigenvalue weighted by atomic mass is 9.89. The standard InChI is InChI=1S/C29H36N4O3.H2S/c30-15-12-26(31)28(34)32-27(20-36-19-21-10-11-23-8-4-5-9-25(23)18-21)29(35)33-16-13-24(14-17-33)22-6-2-1-3-7-22;/h1-11,18,24,26-27H,12-17,19-20,30-31H2,(H,32,34);1H2/t26-,27+;/m0./s1. The number of piperidine rings is 1. The molecule has 8 heteroatoms. The summed E-state index contributed by atoms with van der Waals surface area (Å²) in [5, 5.41) is 5.12. The minimum absolute atomic E-state index is 0. The summed E-state index contributed by atoms with van der Waals surface area (Å²) in [6.07, 6.45) is 2.13. The van der Waals surface area contributed by atoms with Gasteiger partial charge in [-0.1, -0.05) is 66.7 Å². The van der Waals surface area contributed by atoms with Crippen molar-refractivity contribution in [3.63, 3.8) is 0 Å². The molecule has 0 spiro atoms. The molecule has 1 aliphatic rings. The molecule has 3 aromatic rings. The molecule has 0 unspecified atom stereocenters. The Bertz CT molecular complexity index is 1150. The van der Waals surface area contributed by atoms with Gasteiger partial charge in [-0.2, -0.15) is 13.5 Å². The third-order valence-electron chi connectivity index (χ3n) is 6.87. The minimum atomic E-state index is -0.796. The highest BCUT2D eigenvalue weighted by Crippen LogP contribution is 2.28. The number of carbonyl (C=O) groups excluding carboxylic acids is 2. The molecule has 0 bridgehead atoms. The Morgan fingerprint density at radius 1 is 0.973 bits per heavy atom. The first kappa shape index (κ1) is 28.7. The summed E-state index contributed by atoms with van der Waals surface area (Å²) in [4.78, 5) is 27.9. The second-order valence-electron chi connectivity index (χ2n) is 9.45. The zero-order chi connectivity index (χ0) is 25.3. The molecule has 2 amide bonds. The van der Waals surface area contributed by atoms with Crippen LogP contribution in [-0.2, 0) is 20.9 Å². The van der Waals surface area contributed by atoms with Crippen molar-refractivity contribution >= 4 is 36.1 Å². The molecule has 2 atom stereocenters. The van der Waals surface area contributed by atoms with Gasteiger partial charge in [-0.25, -0.2) is 0 Å². The van der Waals surface area contributed by atoms with Crippen LogP contribution in [0.1, 0.15) is 36.3 Å². The van der Waals surface area contributed by atoms with E-state index in [0.29, 0.717) is 38.6 Å². The Hall–Kier alpha value is -2.91. The maximum absolute atomic E-state index is 13.4. The monoisotopic (exact) mass is 522 g/mol. The molecule has 7 nitrogen and oxygen atoms in total. The quantitative estimate of drug-likeness (QED) is 0.379. The lowest BCUT2D eigenvalue weighted by Crippen LogP contribution is -2.55. The van der Waals surface area contributed by atoms with E-state index < -0.39 is 12.1 Å². The lowest BCUT2D eigenvalue weighted by Gasteiger charge is -2.34. The van der Waals surface area contributed by atoms with E-state index in [0.717, 1.165) is 29.2 Å². The van der Waals surface area contributed by atoms with Crippen LogP contribution < -0.4 is 16.8 Å². The Kier molecular flexibility index (Phi) is 11.0. The van der Waals surface area contributed by atoms with Crippen molar-refractivity contribution in [3.8, 4) is 0 Å². The third-order valence-corrected chi connectivity index (χ3v) is 6.87. The number of fused-ring (bicyclic) bond motifs is 1. The van der Waals surface area contributed by atoms with Crippen molar-refractivity contribution < 1.29 is 14.3 Å². The van der Waals surface area contributed by atoms with Gasteiger partial charge in [0.25, 0.3) is 0 Å². The Labute approximate surface area is 226 Å². The Morgan fingerprint density at radius 3 is 2.35 bits per heavy atom. The van der Waals surface area contributed by atoms with Crippen molar-refractivity contribution in [3.05, 3.63) is 83.9 Å². The molecule has 198 valence electrons. The van der Waals surface area contributed by atoms with E-state index in [1.165, 1.54) is 5.56 Å². The molecule has 1 fully saturated rings. The molecule has 0 saturated carbocycles. The summed E-state index contributed by atoms with van der Waals surface area (Å²) in [6.45, 7) is 2.01. The number of hydrogen-bond acceptors (Lipinski definition) is 5. The number of nitrogens with one attached hydrogen (secondary N) is 1. The van der Waals surface area contributed by atoms with Crippen molar-refractivity contribution in [2.75, 3.05) is 26.2 Å². The predicted octanol–water partition coefficient (Wildman–Crippen LogP) is 3.04. The van der Waals surface area contributed by atoms with Crippen LogP contribution >= 0.6 is 13.5 Å².